The first-order valence-electron chi connectivity index (χ1n) is 7.62. The Balaban J connectivity index is 2.59. The summed E-state index contributed by atoms with van der Waals surface area (Å²) < 4.78 is 0. The predicted molar refractivity (Wildman–Crippen MR) is 92.4 cm³/mol. The third-order valence-electron chi connectivity index (χ3n) is 3.88. The van der Waals surface area contributed by atoms with Gasteiger partial charge in [0.1, 0.15) is 0 Å². The van der Waals surface area contributed by atoms with Gasteiger partial charge in [-0.3, -0.25) is 4.79 Å². The molecule has 0 radical (unpaired) electrons. The second-order valence-corrected chi connectivity index (χ2v) is 5.47. The molecule has 22 heavy (non-hydrogen) atoms. The maximum absolute atomic E-state index is 11.8. The van der Waals surface area contributed by atoms with Gasteiger partial charge < -0.3 is 17.2 Å². The zero-order valence-electron chi connectivity index (χ0n) is 12.9. The van der Waals surface area contributed by atoms with E-state index >= 15 is 0 Å². The summed E-state index contributed by atoms with van der Waals surface area (Å²) in [4.78, 5) is 11.8. The second kappa shape index (κ2) is 6.98. The van der Waals surface area contributed by atoms with Crippen LogP contribution < -0.4 is 17.2 Å². The number of amides is 1. The number of carbonyl (C=O) groups is 1. The summed E-state index contributed by atoms with van der Waals surface area (Å²) in [5.74, 6) is -0.450. The van der Waals surface area contributed by atoms with Crippen LogP contribution >= 0.6 is 0 Å². The SMILES string of the molecule is CCCCCc1cccc(C(N)=O)c1-c1cccc(N)c1N. The van der Waals surface area contributed by atoms with E-state index in [2.05, 4.69) is 6.92 Å². The van der Waals surface area contributed by atoms with Gasteiger partial charge in [0, 0.05) is 11.1 Å². The van der Waals surface area contributed by atoms with Gasteiger partial charge in [-0.25, -0.2) is 0 Å². The largest absolute Gasteiger partial charge is 0.397 e. The first-order valence-corrected chi connectivity index (χ1v) is 7.62. The summed E-state index contributed by atoms with van der Waals surface area (Å²) in [5, 5.41) is 0. The Kier molecular flexibility index (Phi) is 5.04. The second-order valence-electron chi connectivity index (χ2n) is 5.47. The van der Waals surface area contributed by atoms with Crippen molar-refractivity contribution in [3.63, 3.8) is 0 Å². The normalized spacial score (nSPS) is 10.6. The molecular weight excluding hydrogens is 274 g/mol. The Morgan fingerprint density at radius 3 is 2.45 bits per heavy atom. The van der Waals surface area contributed by atoms with Crippen molar-refractivity contribution in [1.82, 2.24) is 0 Å². The number of benzene rings is 2. The molecule has 0 aromatic heterocycles. The molecule has 0 heterocycles. The lowest BCUT2D eigenvalue weighted by Crippen LogP contribution is -2.14. The summed E-state index contributed by atoms with van der Waals surface area (Å²) in [5.41, 5.74) is 21.8. The number of hydrogen-bond acceptors (Lipinski definition) is 3. The number of rotatable bonds is 6. The molecular formula is C18H23N3O. The number of anilines is 2. The molecule has 0 saturated heterocycles. The van der Waals surface area contributed by atoms with E-state index in [0.29, 0.717) is 16.9 Å². The fourth-order valence-electron chi connectivity index (χ4n) is 2.70. The van der Waals surface area contributed by atoms with E-state index < -0.39 is 5.91 Å². The summed E-state index contributed by atoms with van der Waals surface area (Å²) in [7, 11) is 0. The standard InChI is InChI=1S/C18H23N3O/c1-2-3-4-7-12-8-5-10-14(18(21)22)16(12)13-9-6-11-15(19)17(13)20/h5-6,8-11H,2-4,7,19-20H2,1H3,(H2,21,22). The molecule has 0 aliphatic rings. The smallest absolute Gasteiger partial charge is 0.249 e. The van der Waals surface area contributed by atoms with Gasteiger partial charge >= 0.3 is 0 Å². The number of aryl methyl sites for hydroxylation is 1. The molecule has 0 bridgehead atoms. The summed E-state index contributed by atoms with van der Waals surface area (Å²) in [6, 6.07) is 11.1. The van der Waals surface area contributed by atoms with Crippen molar-refractivity contribution in [2.75, 3.05) is 11.5 Å². The van der Waals surface area contributed by atoms with Crippen LogP contribution in [0.1, 0.15) is 42.1 Å². The van der Waals surface area contributed by atoms with Gasteiger partial charge in [-0.05, 0) is 36.1 Å². The molecule has 0 atom stereocenters. The van der Waals surface area contributed by atoms with Gasteiger partial charge in [0.05, 0.1) is 11.4 Å². The van der Waals surface area contributed by atoms with Crippen LogP contribution in [-0.2, 0) is 6.42 Å². The van der Waals surface area contributed by atoms with Crippen LogP contribution in [0.3, 0.4) is 0 Å². The number of nitrogen functional groups attached to an aromatic ring is 2. The van der Waals surface area contributed by atoms with Crippen molar-refractivity contribution in [3.8, 4) is 11.1 Å². The van der Waals surface area contributed by atoms with Gasteiger partial charge in [0.2, 0.25) is 5.91 Å². The number of unbranched alkanes of at least 4 members (excludes halogenated alkanes) is 2. The molecule has 4 heteroatoms. The van der Waals surface area contributed by atoms with Crippen LogP contribution in [0.5, 0.6) is 0 Å². The first-order chi connectivity index (χ1) is 10.6. The zero-order chi connectivity index (χ0) is 16.1. The van der Waals surface area contributed by atoms with Crippen molar-refractivity contribution < 1.29 is 4.79 Å². The van der Waals surface area contributed by atoms with Gasteiger partial charge in [-0.15, -0.1) is 0 Å². The van der Waals surface area contributed by atoms with E-state index in [4.69, 9.17) is 17.2 Å². The third-order valence-corrected chi connectivity index (χ3v) is 3.88. The molecule has 0 fully saturated rings. The van der Waals surface area contributed by atoms with Crippen molar-refractivity contribution in [3.05, 3.63) is 47.5 Å². The lowest BCUT2D eigenvalue weighted by atomic mass is 9.90. The molecule has 0 unspecified atom stereocenters. The molecule has 0 aliphatic heterocycles. The van der Waals surface area contributed by atoms with Crippen LogP contribution in [0, 0.1) is 0 Å². The topological polar surface area (TPSA) is 95.1 Å². The van der Waals surface area contributed by atoms with Crippen LogP contribution in [0.25, 0.3) is 11.1 Å². The number of hydrogen-bond donors (Lipinski definition) is 3. The number of para-hydroxylation sites is 1. The van der Waals surface area contributed by atoms with Gasteiger partial charge in [-0.2, -0.15) is 0 Å². The van der Waals surface area contributed by atoms with Crippen molar-refractivity contribution in [1.29, 1.82) is 0 Å². The maximum Gasteiger partial charge on any atom is 0.249 e. The molecule has 2 aromatic carbocycles. The maximum atomic E-state index is 11.8. The molecule has 0 aliphatic carbocycles. The first kappa shape index (κ1) is 15.9. The molecule has 116 valence electrons. The zero-order valence-corrected chi connectivity index (χ0v) is 12.9. The Bertz CT molecular complexity index is 680. The highest BCUT2D eigenvalue weighted by atomic mass is 16.1. The van der Waals surface area contributed by atoms with Crippen LogP contribution in [-0.4, -0.2) is 5.91 Å². The fraction of sp³-hybridized carbons (Fsp3) is 0.278. The molecule has 0 saturated carbocycles. The highest BCUT2D eigenvalue weighted by molar-refractivity contribution is 6.03. The Labute approximate surface area is 131 Å². The number of carbonyl (C=O) groups excluding carboxylic acids is 1. The van der Waals surface area contributed by atoms with E-state index in [1.807, 2.05) is 24.3 Å². The summed E-state index contributed by atoms with van der Waals surface area (Å²) in [6.45, 7) is 2.16. The molecule has 4 nitrogen and oxygen atoms in total. The van der Waals surface area contributed by atoms with Crippen molar-refractivity contribution in [2.24, 2.45) is 5.73 Å². The monoisotopic (exact) mass is 297 g/mol. The van der Waals surface area contributed by atoms with E-state index in [1.165, 1.54) is 0 Å². The van der Waals surface area contributed by atoms with Crippen molar-refractivity contribution in [2.45, 2.75) is 32.6 Å². The van der Waals surface area contributed by atoms with Gasteiger partial charge in [0.15, 0.2) is 0 Å². The number of primary amides is 1. The molecule has 0 spiro atoms. The molecule has 2 rings (SSSR count). The van der Waals surface area contributed by atoms with Crippen LogP contribution in [0.2, 0.25) is 0 Å². The minimum absolute atomic E-state index is 0.450. The summed E-state index contributed by atoms with van der Waals surface area (Å²) in [6.07, 6.45) is 4.24. The van der Waals surface area contributed by atoms with Crippen molar-refractivity contribution >= 4 is 17.3 Å². The highest BCUT2D eigenvalue weighted by Crippen LogP contribution is 2.35. The minimum Gasteiger partial charge on any atom is -0.397 e. The summed E-state index contributed by atoms with van der Waals surface area (Å²) >= 11 is 0. The quantitative estimate of drug-likeness (QED) is 0.563. The van der Waals surface area contributed by atoms with Gasteiger partial charge in [-0.1, -0.05) is 44.0 Å². The van der Waals surface area contributed by atoms with Crippen LogP contribution in [0.4, 0.5) is 11.4 Å². The van der Waals surface area contributed by atoms with E-state index in [-0.39, 0.29) is 0 Å². The molecule has 2 aromatic rings. The van der Waals surface area contributed by atoms with Crippen LogP contribution in [0.15, 0.2) is 36.4 Å². The van der Waals surface area contributed by atoms with Gasteiger partial charge in [0.25, 0.3) is 0 Å². The molecule has 6 N–H and O–H groups in total. The van der Waals surface area contributed by atoms with E-state index in [9.17, 15) is 4.79 Å². The predicted octanol–water partition coefficient (Wildman–Crippen LogP) is 3.35. The molecule has 1 amide bonds. The van der Waals surface area contributed by atoms with E-state index in [1.54, 1.807) is 12.1 Å². The van der Waals surface area contributed by atoms with E-state index in [0.717, 1.165) is 42.4 Å². The number of nitrogens with two attached hydrogens (primary N) is 3. The minimum atomic E-state index is -0.450. The third kappa shape index (κ3) is 3.22. The Morgan fingerprint density at radius 2 is 1.77 bits per heavy atom. The lowest BCUT2D eigenvalue weighted by molar-refractivity contribution is 0.100. The highest BCUT2D eigenvalue weighted by Gasteiger charge is 2.17. The average molecular weight is 297 g/mol. The lowest BCUT2D eigenvalue weighted by Gasteiger charge is -2.16. The Hall–Kier alpha value is -2.49. The average Bonchev–Trinajstić information content (AvgIpc) is 2.50. The fourth-order valence-corrected chi connectivity index (χ4v) is 2.70. The Morgan fingerprint density at radius 1 is 1.05 bits per heavy atom.